The normalized spacial score (nSPS) is 17.9. The van der Waals surface area contributed by atoms with Crippen LogP contribution in [-0.4, -0.2) is 36.2 Å². The first-order valence-electron chi connectivity index (χ1n) is 5.16. The number of hydrogen-bond donors (Lipinski definition) is 1. The van der Waals surface area contributed by atoms with Crippen LogP contribution in [-0.2, 0) is 0 Å². The molecule has 0 aliphatic carbocycles. The Kier molecular flexibility index (Phi) is 3.01. The molecule has 1 aromatic heterocycles. The van der Waals surface area contributed by atoms with E-state index in [1.54, 1.807) is 19.5 Å². The Morgan fingerprint density at radius 3 is 2.80 bits per heavy atom. The van der Waals surface area contributed by atoms with Gasteiger partial charge in [0.15, 0.2) is 5.82 Å². The maximum atomic E-state index is 5.84. The number of anilines is 1. The summed E-state index contributed by atoms with van der Waals surface area (Å²) in [5.41, 5.74) is 5.84. The van der Waals surface area contributed by atoms with Gasteiger partial charge in [-0.2, -0.15) is 4.98 Å². The molecule has 1 aliphatic heterocycles. The van der Waals surface area contributed by atoms with Gasteiger partial charge in [-0.25, -0.2) is 0 Å². The van der Waals surface area contributed by atoms with Crippen LogP contribution >= 0.6 is 0 Å². The zero-order valence-corrected chi connectivity index (χ0v) is 8.89. The van der Waals surface area contributed by atoms with Crippen molar-refractivity contribution in [2.24, 2.45) is 5.73 Å². The lowest BCUT2D eigenvalue weighted by atomic mass is 10.1. The lowest BCUT2D eigenvalue weighted by molar-refractivity contribution is 0.394. The number of methoxy groups -OCH3 is 1. The fourth-order valence-corrected chi connectivity index (χ4v) is 1.72. The van der Waals surface area contributed by atoms with Gasteiger partial charge in [-0.15, -0.1) is 0 Å². The molecule has 0 atom stereocenters. The van der Waals surface area contributed by atoms with Gasteiger partial charge in [-0.3, -0.25) is 4.98 Å². The molecule has 2 N–H and O–H groups in total. The Labute approximate surface area is 89.3 Å². The van der Waals surface area contributed by atoms with E-state index in [2.05, 4.69) is 14.9 Å². The van der Waals surface area contributed by atoms with Crippen LogP contribution < -0.4 is 15.4 Å². The van der Waals surface area contributed by atoms with Gasteiger partial charge in [0.2, 0.25) is 5.88 Å². The molecule has 5 heteroatoms. The van der Waals surface area contributed by atoms with Crippen LogP contribution in [0.5, 0.6) is 5.88 Å². The second kappa shape index (κ2) is 4.44. The monoisotopic (exact) mass is 208 g/mol. The summed E-state index contributed by atoms with van der Waals surface area (Å²) in [4.78, 5) is 10.6. The highest BCUT2D eigenvalue weighted by molar-refractivity contribution is 5.38. The molecule has 0 amide bonds. The summed E-state index contributed by atoms with van der Waals surface area (Å²) < 4.78 is 5.04. The van der Waals surface area contributed by atoms with Crippen LogP contribution in [0.2, 0.25) is 0 Å². The van der Waals surface area contributed by atoms with E-state index in [0.29, 0.717) is 11.9 Å². The van der Waals surface area contributed by atoms with E-state index in [9.17, 15) is 0 Å². The third-order valence-corrected chi connectivity index (χ3v) is 2.67. The van der Waals surface area contributed by atoms with Gasteiger partial charge in [0.1, 0.15) is 0 Å². The largest absolute Gasteiger partial charge is 0.480 e. The maximum absolute atomic E-state index is 5.84. The fourth-order valence-electron chi connectivity index (χ4n) is 1.72. The van der Waals surface area contributed by atoms with Gasteiger partial charge in [0, 0.05) is 19.1 Å². The Balaban J connectivity index is 2.08. The van der Waals surface area contributed by atoms with Crippen LogP contribution in [0.1, 0.15) is 12.8 Å². The van der Waals surface area contributed by atoms with Crippen molar-refractivity contribution in [1.82, 2.24) is 9.97 Å². The third kappa shape index (κ3) is 2.36. The number of nitrogens with two attached hydrogens (primary N) is 1. The topological polar surface area (TPSA) is 64.3 Å². The summed E-state index contributed by atoms with van der Waals surface area (Å²) in [6, 6.07) is 0.333. The van der Waals surface area contributed by atoms with Gasteiger partial charge >= 0.3 is 0 Å². The minimum atomic E-state index is 0.333. The maximum Gasteiger partial charge on any atom is 0.233 e. The van der Waals surface area contributed by atoms with E-state index in [0.717, 1.165) is 31.7 Å². The molecule has 1 fully saturated rings. The molecular weight excluding hydrogens is 192 g/mol. The smallest absolute Gasteiger partial charge is 0.233 e. The molecule has 0 bridgehead atoms. The van der Waals surface area contributed by atoms with Crippen LogP contribution in [0, 0.1) is 0 Å². The predicted octanol–water partition coefficient (Wildman–Crippen LogP) is 0.413. The van der Waals surface area contributed by atoms with E-state index in [4.69, 9.17) is 10.5 Å². The van der Waals surface area contributed by atoms with Crippen molar-refractivity contribution < 1.29 is 4.74 Å². The summed E-state index contributed by atoms with van der Waals surface area (Å²) in [6.07, 6.45) is 5.40. The minimum absolute atomic E-state index is 0.333. The Hall–Kier alpha value is -1.36. The van der Waals surface area contributed by atoms with Crippen molar-refractivity contribution in [2.45, 2.75) is 18.9 Å². The van der Waals surface area contributed by atoms with Crippen LogP contribution in [0.25, 0.3) is 0 Å². The van der Waals surface area contributed by atoms with Gasteiger partial charge in [0.25, 0.3) is 0 Å². The quantitative estimate of drug-likeness (QED) is 0.762. The van der Waals surface area contributed by atoms with Crippen molar-refractivity contribution in [3.05, 3.63) is 12.4 Å². The molecule has 0 unspecified atom stereocenters. The first-order valence-corrected chi connectivity index (χ1v) is 5.16. The molecule has 2 rings (SSSR count). The number of hydrogen-bond acceptors (Lipinski definition) is 5. The van der Waals surface area contributed by atoms with Crippen LogP contribution in [0.3, 0.4) is 0 Å². The first-order chi connectivity index (χ1) is 7.29. The van der Waals surface area contributed by atoms with Crippen molar-refractivity contribution in [1.29, 1.82) is 0 Å². The number of ether oxygens (including phenoxy) is 1. The van der Waals surface area contributed by atoms with Gasteiger partial charge < -0.3 is 15.4 Å². The second-order valence-electron chi connectivity index (χ2n) is 3.74. The second-order valence-corrected chi connectivity index (χ2v) is 3.74. The molecule has 0 saturated carbocycles. The summed E-state index contributed by atoms with van der Waals surface area (Å²) in [5.74, 6) is 1.43. The number of piperidine rings is 1. The van der Waals surface area contributed by atoms with Gasteiger partial charge in [-0.05, 0) is 12.8 Å². The molecule has 0 spiro atoms. The van der Waals surface area contributed by atoms with E-state index in [1.165, 1.54) is 0 Å². The average molecular weight is 208 g/mol. The third-order valence-electron chi connectivity index (χ3n) is 2.67. The van der Waals surface area contributed by atoms with E-state index < -0.39 is 0 Å². The lowest BCUT2D eigenvalue weighted by Crippen LogP contribution is -2.40. The number of rotatable bonds is 2. The molecule has 0 aromatic carbocycles. The highest BCUT2D eigenvalue weighted by Crippen LogP contribution is 2.18. The van der Waals surface area contributed by atoms with E-state index in [1.807, 2.05) is 0 Å². The van der Waals surface area contributed by atoms with E-state index >= 15 is 0 Å². The summed E-state index contributed by atoms with van der Waals surface area (Å²) in [7, 11) is 1.60. The van der Waals surface area contributed by atoms with Gasteiger partial charge in [-0.1, -0.05) is 0 Å². The summed E-state index contributed by atoms with van der Waals surface area (Å²) in [5, 5.41) is 0. The molecule has 82 valence electrons. The highest BCUT2D eigenvalue weighted by atomic mass is 16.5. The zero-order valence-electron chi connectivity index (χ0n) is 8.89. The summed E-state index contributed by atoms with van der Waals surface area (Å²) in [6.45, 7) is 1.89. The van der Waals surface area contributed by atoms with Crippen molar-refractivity contribution in [3.8, 4) is 5.88 Å². The minimum Gasteiger partial charge on any atom is -0.480 e. The SMILES string of the molecule is COc1cncc(N2CCC(N)CC2)n1. The Morgan fingerprint density at radius 2 is 2.13 bits per heavy atom. The Morgan fingerprint density at radius 1 is 1.40 bits per heavy atom. The molecule has 5 nitrogen and oxygen atoms in total. The molecule has 0 radical (unpaired) electrons. The molecule has 1 aromatic rings. The van der Waals surface area contributed by atoms with Crippen molar-refractivity contribution in [3.63, 3.8) is 0 Å². The first kappa shape index (κ1) is 10.2. The van der Waals surface area contributed by atoms with Crippen molar-refractivity contribution in [2.75, 3.05) is 25.1 Å². The number of nitrogens with zero attached hydrogens (tertiary/aromatic N) is 3. The molecule has 15 heavy (non-hydrogen) atoms. The van der Waals surface area contributed by atoms with Crippen LogP contribution in [0.4, 0.5) is 5.82 Å². The molecule has 1 saturated heterocycles. The average Bonchev–Trinajstić information content (AvgIpc) is 2.30. The fraction of sp³-hybridized carbons (Fsp3) is 0.600. The van der Waals surface area contributed by atoms with Crippen molar-refractivity contribution >= 4 is 5.82 Å². The molecule has 1 aliphatic rings. The predicted molar refractivity (Wildman–Crippen MR) is 58.0 cm³/mol. The standard InChI is InChI=1S/C10H16N4O/c1-15-10-7-12-6-9(13-10)14-4-2-8(11)3-5-14/h6-8H,2-5,11H2,1H3. The van der Waals surface area contributed by atoms with Gasteiger partial charge in [0.05, 0.1) is 19.5 Å². The molecular formula is C10H16N4O. The highest BCUT2D eigenvalue weighted by Gasteiger charge is 2.17. The summed E-state index contributed by atoms with van der Waals surface area (Å²) >= 11 is 0. The zero-order chi connectivity index (χ0) is 10.7. The van der Waals surface area contributed by atoms with E-state index in [-0.39, 0.29) is 0 Å². The molecule has 2 heterocycles. The Bertz CT molecular complexity index is 323. The lowest BCUT2D eigenvalue weighted by Gasteiger charge is -2.30. The number of aromatic nitrogens is 2. The van der Waals surface area contributed by atoms with Crippen LogP contribution in [0.15, 0.2) is 12.4 Å².